The van der Waals surface area contributed by atoms with Crippen molar-refractivity contribution in [2.45, 2.75) is 73.5 Å². The van der Waals surface area contributed by atoms with Crippen LogP contribution in [0.4, 0.5) is 0 Å². The van der Waals surface area contributed by atoms with E-state index in [1.807, 2.05) is 11.6 Å². The quantitative estimate of drug-likeness (QED) is 0.306. The number of nitrogens with one attached hydrogen (secondary N) is 2. The SMILES string of the molecule is CCNC(=NCc1c(C)nn(CCOC)c1C)NC(C)CCC(C)C.I. The van der Waals surface area contributed by atoms with Gasteiger partial charge in [0.15, 0.2) is 5.96 Å². The Bertz CT molecular complexity index is 542. The zero-order valence-corrected chi connectivity index (χ0v) is 19.9. The molecule has 0 aliphatic heterocycles. The smallest absolute Gasteiger partial charge is 0.191 e. The largest absolute Gasteiger partial charge is 0.383 e. The van der Waals surface area contributed by atoms with Crippen LogP contribution in [0, 0.1) is 19.8 Å². The number of ether oxygens (including phenoxy) is 1. The molecule has 0 spiro atoms. The molecule has 2 N–H and O–H groups in total. The number of hydrogen-bond acceptors (Lipinski definition) is 3. The average molecular weight is 479 g/mol. The van der Waals surface area contributed by atoms with Crippen molar-refractivity contribution in [3.8, 4) is 0 Å². The van der Waals surface area contributed by atoms with E-state index >= 15 is 0 Å². The lowest BCUT2D eigenvalue weighted by Crippen LogP contribution is -2.42. The Balaban J connectivity index is 0.00000625. The Hall–Kier alpha value is -0.830. The number of halogens is 1. The number of rotatable bonds is 10. The van der Waals surface area contributed by atoms with Crippen molar-refractivity contribution < 1.29 is 4.74 Å². The molecule has 0 saturated heterocycles. The maximum atomic E-state index is 5.16. The van der Waals surface area contributed by atoms with E-state index in [1.165, 1.54) is 17.7 Å². The van der Waals surface area contributed by atoms with Crippen LogP contribution in [0.5, 0.6) is 0 Å². The highest BCUT2D eigenvalue weighted by molar-refractivity contribution is 14.0. The summed E-state index contributed by atoms with van der Waals surface area (Å²) in [5, 5.41) is 11.5. The van der Waals surface area contributed by atoms with Gasteiger partial charge in [-0.15, -0.1) is 24.0 Å². The maximum absolute atomic E-state index is 5.16. The molecule has 1 aromatic heterocycles. The fourth-order valence-corrected chi connectivity index (χ4v) is 2.73. The second kappa shape index (κ2) is 13.4. The summed E-state index contributed by atoms with van der Waals surface area (Å²) < 4.78 is 7.16. The minimum Gasteiger partial charge on any atom is -0.383 e. The van der Waals surface area contributed by atoms with E-state index in [1.54, 1.807) is 7.11 Å². The Labute approximate surface area is 176 Å². The Morgan fingerprint density at radius 2 is 1.92 bits per heavy atom. The molecule has 0 aliphatic carbocycles. The fourth-order valence-electron chi connectivity index (χ4n) is 2.73. The van der Waals surface area contributed by atoms with Crippen LogP contribution in [-0.4, -0.2) is 42.0 Å². The fraction of sp³-hybridized carbons (Fsp3) is 0.789. The normalized spacial score (nSPS) is 12.8. The van der Waals surface area contributed by atoms with Gasteiger partial charge < -0.3 is 15.4 Å². The lowest BCUT2D eigenvalue weighted by atomic mass is 10.0. The zero-order chi connectivity index (χ0) is 18.8. The van der Waals surface area contributed by atoms with Crippen molar-refractivity contribution in [1.82, 2.24) is 20.4 Å². The zero-order valence-electron chi connectivity index (χ0n) is 17.6. The van der Waals surface area contributed by atoms with E-state index in [0.717, 1.165) is 37.1 Å². The van der Waals surface area contributed by atoms with Crippen LogP contribution < -0.4 is 10.6 Å². The Morgan fingerprint density at radius 1 is 1.23 bits per heavy atom. The molecule has 0 radical (unpaired) electrons. The van der Waals surface area contributed by atoms with Crippen LogP contribution in [0.2, 0.25) is 0 Å². The van der Waals surface area contributed by atoms with Gasteiger partial charge in [-0.25, -0.2) is 4.99 Å². The number of methoxy groups -OCH3 is 1. The molecule has 152 valence electrons. The molecule has 0 bridgehead atoms. The standard InChI is InChI=1S/C19H37N5O.HI/c1-8-20-19(22-15(4)10-9-14(2)3)21-13-18-16(5)23-24(17(18)6)11-12-25-7;/h14-15H,8-13H2,1-7H3,(H2,20,21,22);1H. The molecule has 0 fully saturated rings. The molecule has 6 nitrogen and oxygen atoms in total. The van der Waals surface area contributed by atoms with E-state index in [0.29, 0.717) is 19.2 Å². The number of aliphatic imine (C=N–C) groups is 1. The first-order valence-electron chi connectivity index (χ1n) is 9.45. The predicted molar refractivity (Wildman–Crippen MR) is 120 cm³/mol. The van der Waals surface area contributed by atoms with Gasteiger partial charge in [0.25, 0.3) is 0 Å². The lowest BCUT2D eigenvalue weighted by molar-refractivity contribution is 0.182. The second-order valence-corrected chi connectivity index (χ2v) is 7.08. The molecule has 0 aromatic carbocycles. The van der Waals surface area contributed by atoms with Crippen LogP contribution in [-0.2, 0) is 17.8 Å². The molecule has 1 atom stereocenters. The minimum atomic E-state index is 0. The van der Waals surface area contributed by atoms with Crippen LogP contribution in [0.25, 0.3) is 0 Å². The summed E-state index contributed by atoms with van der Waals surface area (Å²) in [6.45, 7) is 15.9. The van der Waals surface area contributed by atoms with Crippen molar-refractivity contribution in [3.05, 3.63) is 17.0 Å². The minimum absolute atomic E-state index is 0. The van der Waals surface area contributed by atoms with Crippen molar-refractivity contribution >= 4 is 29.9 Å². The van der Waals surface area contributed by atoms with Gasteiger partial charge in [0.1, 0.15) is 0 Å². The molecular weight excluding hydrogens is 441 g/mol. The van der Waals surface area contributed by atoms with Gasteiger partial charge in [-0.1, -0.05) is 13.8 Å². The third kappa shape index (κ3) is 8.70. The lowest BCUT2D eigenvalue weighted by Gasteiger charge is -2.18. The number of nitrogens with zero attached hydrogens (tertiary/aromatic N) is 3. The predicted octanol–water partition coefficient (Wildman–Crippen LogP) is 3.64. The van der Waals surface area contributed by atoms with Crippen molar-refractivity contribution in [2.24, 2.45) is 10.9 Å². The third-order valence-electron chi connectivity index (χ3n) is 4.34. The van der Waals surface area contributed by atoms with Crippen LogP contribution in [0.1, 0.15) is 57.5 Å². The molecule has 7 heteroatoms. The van der Waals surface area contributed by atoms with Gasteiger partial charge in [-0.2, -0.15) is 5.10 Å². The Morgan fingerprint density at radius 3 is 2.50 bits per heavy atom. The maximum Gasteiger partial charge on any atom is 0.191 e. The van der Waals surface area contributed by atoms with Crippen LogP contribution >= 0.6 is 24.0 Å². The first-order valence-corrected chi connectivity index (χ1v) is 9.45. The number of guanidine groups is 1. The summed E-state index contributed by atoms with van der Waals surface area (Å²) in [5.74, 6) is 1.61. The van der Waals surface area contributed by atoms with Crippen LogP contribution in [0.15, 0.2) is 4.99 Å². The molecule has 1 heterocycles. The van der Waals surface area contributed by atoms with Gasteiger partial charge in [-0.3, -0.25) is 4.68 Å². The molecule has 26 heavy (non-hydrogen) atoms. The first kappa shape index (κ1) is 25.2. The number of aryl methyl sites for hydroxylation is 1. The van der Waals surface area contributed by atoms with Crippen molar-refractivity contribution in [1.29, 1.82) is 0 Å². The van der Waals surface area contributed by atoms with Gasteiger partial charge in [-0.05, 0) is 46.5 Å². The topological polar surface area (TPSA) is 63.5 Å². The van der Waals surface area contributed by atoms with E-state index in [4.69, 9.17) is 9.73 Å². The summed E-state index contributed by atoms with van der Waals surface area (Å²) in [7, 11) is 1.71. The van der Waals surface area contributed by atoms with Gasteiger partial charge in [0, 0.05) is 31.0 Å². The molecule has 1 aromatic rings. The molecule has 1 unspecified atom stereocenters. The van der Waals surface area contributed by atoms with E-state index < -0.39 is 0 Å². The van der Waals surface area contributed by atoms with Gasteiger partial charge >= 0.3 is 0 Å². The number of aromatic nitrogens is 2. The molecular formula is C19H38IN5O. The van der Waals surface area contributed by atoms with E-state index in [9.17, 15) is 0 Å². The van der Waals surface area contributed by atoms with E-state index in [2.05, 4.69) is 50.4 Å². The highest BCUT2D eigenvalue weighted by Gasteiger charge is 2.12. The molecule has 0 saturated carbocycles. The average Bonchev–Trinajstić information content (AvgIpc) is 2.82. The molecule has 1 rings (SSSR count). The van der Waals surface area contributed by atoms with Crippen molar-refractivity contribution in [2.75, 3.05) is 20.3 Å². The summed E-state index contributed by atoms with van der Waals surface area (Å²) in [6.07, 6.45) is 2.37. The Kier molecular flexibility index (Phi) is 12.9. The monoisotopic (exact) mass is 479 g/mol. The third-order valence-corrected chi connectivity index (χ3v) is 4.34. The number of hydrogen-bond donors (Lipinski definition) is 2. The van der Waals surface area contributed by atoms with Crippen molar-refractivity contribution in [3.63, 3.8) is 0 Å². The highest BCUT2D eigenvalue weighted by Crippen LogP contribution is 2.14. The van der Waals surface area contributed by atoms with Gasteiger partial charge in [0.2, 0.25) is 0 Å². The summed E-state index contributed by atoms with van der Waals surface area (Å²) >= 11 is 0. The summed E-state index contributed by atoms with van der Waals surface area (Å²) in [4.78, 5) is 4.78. The summed E-state index contributed by atoms with van der Waals surface area (Å²) in [6, 6.07) is 0.409. The highest BCUT2D eigenvalue weighted by atomic mass is 127. The summed E-state index contributed by atoms with van der Waals surface area (Å²) in [5.41, 5.74) is 3.41. The van der Waals surface area contributed by atoms with E-state index in [-0.39, 0.29) is 24.0 Å². The molecule has 0 aliphatic rings. The molecule has 0 amide bonds. The van der Waals surface area contributed by atoms with Gasteiger partial charge in [0.05, 0.1) is 25.4 Å². The second-order valence-electron chi connectivity index (χ2n) is 7.08. The van der Waals surface area contributed by atoms with Crippen LogP contribution in [0.3, 0.4) is 0 Å². The first-order chi connectivity index (χ1) is 11.9.